The van der Waals surface area contributed by atoms with E-state index in [0.29, 0.717) is 31.7 Å². The molecule has 0 radical (unpaired) electrons. The van der Waals surface area contributed by atoms with Crippen molar-refractivity contribution in [2.45, 2.75) is 31.4 Å². The summed E-state index contributed by atoms with van der Waals surface area (Å²) in [6, 6.07) is -0.320. The minimum Gasteiger partial charge on any atom is -0.378 e. The average molecular weight is 309 g/mol. The van der Waals surface area contributed by atoms with Gasteiger partial charge in [-0.3, -0.25) is 10.1 Å². The maximum Gasteiger partial charge on any atom is 0.331 e. The van der Waals surface area contributed by atoms with Gasteiger partial charge in [-0.05, 0) is 25.3 Å². The van der Waals surface area contributed by atoms with Gasteiger partial charge in [-0.15, -0.1) is 0 Å². The molecule has 2 unspecified atom stereocenters. The number of aromatic nitrogens is 2. The second-order valence-corrected chi connectivity index (χ2v) is 5.50. The molecule has 1 aromatic rings. The normalized spacial score (nSPS) is 25.4. The van der Waals surface area contributed by atoms with E-state index in [1.54, 1.807) is 14.2 Å². The Morgan fingerprint density at radius 1 is 1.64 bits per heavy atom. The highest BCUT2D eigenvalue weighted by Gasteiger charge is 2.38. The maximum absolute atomic E-state index is 11.1. The van der Waals surface area contributed by atoms with Gasteiger partial charge in [-0.25, -0.2) is 4.68 Å². The summed E-state index contributed by atoms with van der Waals surface area (Å²) in [5.74, 6) is 0.463. The topological polar surface area (TPSA) is 122 Å². The molecular weight excluding hydrogens is 290 g/mol. The van der Waals surface area contributed by atoms with Crippen LogP contribution in [0, 0.1) is 10.1 Å². The lowest BCUT2D eigenvalue weighted by Gasteiger charge is -2.31. The van der Waals surface area contributed by atoms with Crippen molar-refractivity contribution in [3.05, 3.63) is 26.8 Å². The molecule has 2 rings (SSSR count). The molecule has 2 atom stereocenters. The SMILES string of the molecule is COC1(C)CCN(c2c([N+](=O)[O-])cnn2C)CCC1N=[N+]=[N-]. The summed E-state index contributed by atoms with van der Waals surface area (Å²) in [6.45, 7) is 2.98. The fourth-order valence-corrected chi connectivity index (χ4v) is 2.83. The Morgan fingerprint density at radius 2 is 2.36 bits per heavy atom. The minimum absolute atomic E-state index is 0.0242. The van der Waals surface area contributed by atoms with E-state index in [4.69, 9.17) is 10.3 Å². The van der Waals surface area contributed by atoms with E-state index >= 15 is 0 Å². The van der Waals surface area contributed by atoms with Gasteiger partial charge in [0.25, 0.3) is 0 Å². The Morgan fingerprint density at radius 3 is 2.95 bits per heavy atom. The van der Waals surface area contributed by atoms with Crippen LogP contribution in [0.3, 0.4) is 0 Å². The Kier molecular flexibility index (Phi) is 4.53. The predicted molar refractivity (Wildman–Crippen MR) is 79.7 cm³/mol. The second kappa shape index (κ2) is 6.20. The van der Waals surface area contributed by atoms with Gasteiger partial charge in [-0.2, -0.15) is 5.10 Å². The van der Waals surface area contributed by atoms with Crippen molar-refractivity contribution in [1.29, 1.82) is 0 Å². The Balaban J connectivity index is 2.32. The van der Waals surface area contributed by atoms with Crippen LogP contribution in [0.25, 0.3) is 10.4 Å². The number of rotatable bonds is 4. The van der Waals surface area contributed by atoms with Crippen molar-refractivity contribution in [2.75, 3.05) is 25.1 Å². The van der Waals surface area contributed by atoms with Crippen molar-refractivity contribution < 1.29 is 9.66 Å². The zero-order chi connectivity index (χ0) is 16.3. The van der Waals surface area contributed by atoms with Crippen LogP contribution in [0.15, 0.2) is 11.3 Å². The largest absolute Gasteiger partial charge is 0.378 e. The number of hydrogen-bond acceptors (Lipinski definition) is 6. The number of nitro groups is 1. The van der Waals surface area contributed by atoms with Crippen LogP contribution in [0.1, 0.15) is 19.8 Å². The lowest BCUT2D eigenvalue weighted by molar-refractivity contribution is -0.384. The van der Waals surface area contributed by atoms with Crippen molar-refractivity contribution in [2.24, 2.45) is 12.2 Å². The Bertz CT molecular complexity index is 610. The molecular formula is C12H19N7O3. The van der Waals surface area contributed by atoms with Gasteiger partial charge in [0.15, 0.2) is 0 Å². The number of azide groups is 1. The third-order valence-electron chi connectivity index (χ3n) is 4.30. The van der Waals surface area contributed by atoms with Gasteiger partial charge in [-0.1, -0.05) is 5.11 Å². The van der Waals surface area contributed by atoms with E-state index in [1.807, 2.05) is 11.8 Å². The van der Waals surface area contributed by atoms with Crippen LogP contribution in [-0.4, -0.2) is 46.5 Å². The molecule has 10 heteroatoms. The predicted octanol–water partition coefficient (Wildman–Crippen LogP) is 2.01. The van der Waals surface area contributed by atoms with Crippen molar-refractivity contribution >= 4 is 11.5 Å². The highest BCUT2D eigenvalue weighted by atomic mass is 16.6. The molecule has 1 saturated heterocycles. The third kappa shape index (κ3) is 2.83. The Hall–Kier alpha value is -2.32. The number of aryl methyl sites for hydroxylation is 1. The fraction of sp³-hybridized carbons (Fsp3) is 0.750. The first kappa shape index (κ1) is 16.1. The lowest BCUT2D eigenvalue weighted by atomic mass is 9.92. The van der Waals surface area contributed by atoms with Gasteiger partial charge in [0.2, 0.25) is 5.82 Å². The monoisotopic (exact) mass is 309 g/mol. The average Bonchev–Trinajstić information content (AvgIpc) is 2.80. The molecule has 0 saturated carbocycles. The van der Waals surface area contributed by atoms with E-state index < -0.39 is 10.5 Å². The molecule has 22 heavy (non-hydrogen) atoms. The number of anilines is 1. The summed E-state index contributed by atoms with van der Waals surface area (Å²) in [4.78, 5) is 15.5. The summed E-state index contributed by atoms with van der Waals surface area (Å²) < 4.78 is 7.05. The Labute approximate surface area is 127 Å². The van der Waals surface area contributed by atoms with Gasteiger partial charge >= 0.3 is 5.69 Å². The first-order valence-corrected chi connectivity index (χ1v) is 6.93. The molecule has 1 aromatic heterocycles. The van der Waals surface area contributed by atoms with Crippen LogP contribution < -0.4 is 4.90 Å². The molecule has 0 bridgehead atoms. The first-order valence-electron chi connectivity index (χ1n) is 6.93. The molecule has 0 aliphatic carbocycles. The van der Waals surface area contributed by atoms with Crippen molar-refractivity contribution in [3.8, 4) is 0 Å². The molecule has 10 nitrogen and oxygen atoms in total. The van der Waals surface area contributed by atoms with Gasteiger partial charge in [0.1, 0.15) is 6.20 Å². The molecule has 0 amide bonds. The molecule has 0 aromatic carbocycles. The van der Waals surface area contributed by atoms with Crippen LogP contribution >= 0.6 is 0 Å². The summed E-state index contributed by atoms with van der Waals surface area (Å²) in [5, 5.41) is 19.0. The summed E-state index contributed by atoms with van der Waals surface area (Å²) in [6.07, 6.45) is 2.40. The zero-order valence-corrected chi connectivity index (χ0v) is 12.8. The van der Waals surface area contributed by atoms with E-state index in [2.05, 4.69) is 15.1 Å². The highest BCUT2D eigenvalue weighted by molar-refractivity contribution is 5.57. The van der Waals surface area contributed by atoms with Gasteiger partial charge in [0, 0.05) is 32.2 Å². The maximum atomic E-state index is 11.1. The van der Waals surface area contributed by atoms with Gasteiger partial charge < -0.3 is 9.64 Å². The van der Waals surface area contributed by atoms with Crippen LogP contribution in [0.5, 0.6) is 0 Å². The van der Waals surface area contributed by atoms with Gasteiger partial charge in [0.05, 0.1) is 16.6 Å². The first-order chi connectivity index (χ1) is 10.4. The second-order valence-electron chi connectivity index (χ2n) is 5.50. The standard InChI is InChI=1S/C12H19N7O3/c1-12(22-3)5-7-18(6-4-10(12)15-16-13)11-9(19(20)21)8-14-17(11)2/h8,10H,4-7H2,1-3H3. The minimum atomic E-state index is -0.589. The van der Waals surface area contributed by atoms with Crippen LogP contribution in [-0.2, 0) is 11.8 Å². The molecule has 2 heterocycles. The third-order valence-corrected chi connectivity index (χ3v) is 4.30. The number of methoxy groups -OCH3 is 1. The number of nitrogens with zero attached hydrogens (tertiary/aromatic N) is 7. The molecule has 1 aliphatic rings. The summed E-state index contributed by atoms with van der Waals surface area (Å²) in [5.41, 5.74) is 8.12. The molecule has 0 spiro atoms. The summed E-state index contributed by atoms with van der Waals surface area (Å²) in [7, 11) is 3.26. The molecule has 1 fully saturated rings. The van der Waals surface area contributed by atoms with E-state index in [-0.39, 0.29) is 11.7 Å². The number of ether oxygens (including phenoxy) is 1. The zero-order valence-electron chi connectivity index (χ0n) is 12.8. The molecule has 0 N–H and O–H groups in total. The van der Waals surface area contributed by atoms with E-state index in [9.17, 15) is 10.1 Å². The smallest absolute Gasteiger partial charge is 0.331 e. The van der Waals surface area contributed by atoms with Crippen LogP contribution in [0.4, 0.5) is 11.5 Å². The summed E-state index contributed by atoms with van der Waals surface area (Å²) >= 11 is 0. The van der Waals surface area contributed by atoms with E-state index in [1.165, 1.54) is 10.9 Å². The highest BCUT2D eigenvalue weighted by Crippen LogP contribution is 2.33. The molecule has 120 valence electrons. The lowest BCUT2D eigenvalue weighted by Crippen LogP contribution is -2.39. The molecule has 1 aliphatic heterocycles. The fourth-order valence-electron chi connectivity index (χ4n) is 2.83. The van der Waals surface area contributed by atoms with Crippen molar-refractivity contribution in [1.82, 2.24) is 9.78 Å². The number of hydrogen-bond donors (Lipinski definition) is 0. The van der Waals surface area contributed by atoms with Crippen LogP contribution in [0.2, 0.25) is 0 Å². The quantitative estimate of drug-likeness (QED) is 0.277. The van der Waals surface area contributed by atoms with E-state index in [0.717, 1.165) is 0 Å². The van der Waals surface area contributed by atoms with Crippen molar-refractivity contribution in [3.63, 3.8) is 0 Å².